The van der Waals surface area contributed by atoms with Crippen LogP contribution >= 0.6 is 0 Å². The van der Waals surface area contributed by atoms with Crippen LogP contribution in [0, 0.1) is 0 Å². The molecule has 5 heterocycles. The molecule has 248 valence electrons. The molecule has 0 aliphatic carbocycles. The molecule has 49 heavy (non-hydrogen) atoms. The van der Waals surface area contributed by atoms with Crippen LogP contribution in [0.3, 0.4) is 0 Å². The molecule has 6 aromatic rings. The minimum atomic E-state index is -5.08. The second-order valence-corrected chi connectivity index (χ2v) is 11.3. The summed E-state index contributed by atoms with van der Waals surface area (Å²) in [5, 5.41) is 14.7. The lowest BCUT2D eigenvalue weighted by Crippen LogP contribution is -2.32. The molecule has 0 spiro atoms. The van der Waals surface area contributed by atoms with Gasteiger partial charge in [-0.15, -0.1) is 0 Å². The van der Waals surface area contributed by atoms with Crippen LogP contribution < -0.4 is 0 Å². The van der Waals surface area contributed by atoms with Crippen LogP contribution in [0.5, 0.6) is 0 Å². The van der Waals surface area contributed by atoms with Crippen LogP contribution in [0.2, 0.25) is 0 Å². The molecule has 1 fully saturated rings. The lowest BCUT2D eigenvalue weighted by molar-refractivity contribution is -0.192. The number of nitrogens with zero attached hydrogens (tertiary/aromatic N) is 7. The summed E-state index contributed by atoms with van der Waals surface area (Å²) in [6, 6.07) is 30.7. The van der Waals surface area contributed by atoms with E-state index in [1.165, 1.54) is 5.56 Å². The highest BCUT2D eigenvalue weighted by atomic mass is 19.4. The Hall–Kier alpha value is -5.82. The average Bonchev–Trinajstić information content (AvgIpc) is 3.64. The van der Waals surface area contributed by atoms with E-state index >= 15 is 0 Å². The first-order chi connectivity index (χ1) is 23.7. The molecule has 1 saturated heterocycles. The fourth-order valence-corrected chi connectivity index (χ4v) is 5.51. The molecule has 13 heteroatoms. The molecule has 10 nitrogen and oxygen atoms in total. The van der Waals surface area contributed by atoms with Gasteiger partial charge in [-0.1, -0.05) is 66.7 Å². The fraction of sp³-hybridized carbons (Fsp3) is 0.194. The molecule has 1 aliphatic heterocycles. The number of piperidine rings is 1. The summed E-state index contributed by atoms with van der Waals surface area (Å²) < 4.78 is 31.7. The second-order valence-electron chi connectivity index (χ2n) is 11.3. The zero-order valence-corrected chi connectivity index (χ0v) is 26.1. The number of pyridine rings is 2. The highest BCUT2D eigenvalue weighted by Crippen LogP contribution is 2.32. The molecule has 7 rings (SSSR count). The third-order valence-electron chi connectivity index (χ3n) is 8.01. The number of likely N-dealkylation sites (tertiary alicyclic amines) is 1. The van der Waals surface area contributed by atoms with Crippen molar-refractivity contribution in [1.29, 1.82) is 0 Å². The third kappa shape index (κ3) is 8.37. The van der Waals surface area contributed by atoms with Crippen molar-refractivity contribution < 1.29 is 23.1 Å². The normalized spacial score (nSPS) is 13.8. The van der Waals surface area contributed by atoms with E-state index in [2.05, 4.69) is 66.4 Å². The van der Waals surface area contributed by atoms with Crippen molar-refractivity contribution >= 4 is 5.97 Å². The summed E-state index contributed by atoms with van der Waals surface area (Å²) in [7, 11) is 0. The standard InChI is InChI=1S/C34H30N8.C2HF3O2/c1-2-8-25(9-3-1)28-22-37-33(29-10-4-6-18-35-29)38-31(28)26-14-12-24(13-15-26)23-42-20-16-27(17-21-42)32-39-34(41-40-32)30-11-5-7-19-36-30;3-2(4,5)1(6)7/h1-15,18-19,22,27H,16-17,20-21,23H2,(H,39,40,41);(H,6,7). The molecule has 0 amide bonds. The first-order valence-electron chi connectivity index (χ1n) is 15.5. The fourth-order valence-electron chi connectivity index (χ4n) is 5.51. The molecule has 2 N–H and O–H groups in total. The SMILES string of the molecule is O=C(O)C(F)(F)F.c1ccc(-c2cnc(-c3ccccn3)nc2-c2ccc(CN3CCC(c4nc(-c5ccccn5)n[nH]4)CC3)cc2)cc1. The van der Waals surface area contributed by atoms with Crippen LogP contribution in [-0.4, -0.2) is 70.4 Å². The van der Waals surface area contributed by atoms with E-state index in [1.807, 2.05) is 60.8 Å². The third-order valence-corrected chi connectivity index (χ3v) is 8.01. The number of nitrogens with one attached hydrogen (secondary N) is 1. The van der Waals surface area contributed by atoms with Crippen LogP contribution in [0.15, 0.2) is 110 Å². The molecule has 2 aromatic carbocycles. The summed E-state index contributed by atoms with van der Waals surface area (Å²) in [4.78, 5) is 34.6. The zero-order valence-electron chi connectivity index (χ0n) is 26.1. The number of carboxylic acids is 1. The predicted molar refractivity (Wildman–Crippen MR) is 177 cm³/mol. The molecule has 4 aromatic heterocycles. The highest BCUT2D eigenvalue weighted by Gasteiger charge is 2.38. The average molecular weight is 665 g/mol. The number of aliphatic carboxylic acids is 1. The summed E-state index contributed by atoms with van der Waals surface area (Å²) >= 11 is 0. The summed E-state index contributed by atoms with van der Waals surface area (Å²) in [5.41, 5.74) is 6.90. The van der Waals surface area contributed by atoms with E-state index in [0.717, 1.165) is 72.1 Å². The largest absolute Gasteiger partial charge is 0.490 e. The van der Waals surface area contributed by atoms with Crippen molar-refractivity contribution in [1.82, 2.24) is 40.0 Å². The van der Waals surface area contributed by atoms with Gasteiger partial charge in [0.1, 0.15) is 17.2 Å². The summed E-state index contributed by atoms with van der Waals surface area (Å²) in [5.74, 6) is -0.122. The monoisotopic (exact) mass is 664 g/mol. The molecule has 1 aliphatic rings. The summed E-state index contributed by atoms with van der Waals surface area (Å²) in [6.07, 6.45) is 2.46. The Balaban J connectivity index is 0.000000540. The van der Waals surface area contributed by atoms with Crippen molar-refractivity contribution in [3.63, 3.8) is 0 Å². The maximum atomic E-state index is 10.6. The van der Waals surface area contributed by atoms with Crippen molar-refractivity contribution in [2.45, 2.75) is 31.5 Å². The smallest absolute Gasteiger partial charge is 0.475 e. The van der Waals surface area contributed by atoms with Crippen molar-refractivity contribution in [2.24, 2.45) is 0 Å². The van der Waals surface area contributed by atoms with Crippen molar-refractivity contribution in [3.8, 4) is 45.4 Å². The van der Waals surface area contributed by atoms with Crippen LogP contribution in [0.4, 0.5) is 13.2 Å². The number of alkyl halides is 3. The van der Waals surface area contributed by atoms with Gasteiger partial charge in [0.2, 0.25) is 0 Å². The number of carbonyl (C=O) groups is 1. The maximum Gasteiger partial charge on any atom is 0.490 e. The number of H-pyrrole nitrogens is 1. The molecule has 0 unspecified atom stereocenters. The van der Waals surface area contributed by atoms with Gasteiger partial charge in [0.15, 0.2) is 11.6 Å². The van der Waals surface area contributed by atoms with E-state index in [-0.39, 0.29) is 0 Å². The number of hydrogen-bond donors (Lipinski definition) is 2. The minimum absolute atomic E-state index is 0.385. The lowest BCUT2D eigenvalue weighted by atomic mass is 9.95. The second kappa shape index (κ2) is 14.9. The molecule has 0 radical (unpaired) electrons. The number of carboxylic acid groups (broad SMARTS) is 1. The van der Waals surface area contributed by atoms with Gasteiger partial charge in [-0.05, 0) is 61.3 Å². The first-order valence-corrected chi connectivity index (χ1v) is 15.5. The number of benzene rings is 2. The Morgan fingerprint density at radius 1 is 0.776 bits per heavy atom. The van der Waals surface area contributed by atoms with E-state index in [0.29, 0.717) is 17.6 Å². The highest BCUT2D eigenvalue weighted by molar-refractivity contribution is 5.81. The van der Waals surface area contributed by atoms with Crippen LogP contribution in [-0.2, 0) is 11.3 Å². The minimum Gasteiger partial charge on any atom is -0.475 e. The summed E-state index contributed by atoms with van der Waals surface area (Å²) in [6.45, 7) is 2.95. The van der Waals surface area contributed by atoms with E-state index < -0.39 is 12.1 Å². The van der Waals surface area contributed by atoms with Crippen LogP contribution in [0.1, 0.15) is 30.1 Å². The zero-order chi connectivity index (χ0) is 34.2. The first kappa shape index (κ1) is 33.1. The number of aromatic nitrogens is 7. The number of hydrogen-bond acceptors (Lipinski definition) is 8. The Morgan fingerprint density at radius 2 is 1.39 bits per heavy atom. The van der Waals surface area contributed by atoms with Gasteiger partial charge in [0, 0.05) is 42.2 Å². The lowest BCUT2D eigenvalue weighted by Gasteiger charge is -2.31. The van der Waals surface area contributed by atoms with E-state index in [1.54, 1.807) is 12.4 Å². The van der Waals surface area contributed by atoms with Gasteiger partial charge in [-0.25, -0.2) is 19.7 Å². The molecule has 0 saturated carbocycles. The van der Waals surface area contributed by atoms with Gasteiger partial charge >= 0.3 is 12.1 Å². The topological polar surface area (TPSA) is 134 Å². The Morgan fingerprint density at radius 3 is 1.98 bits per heavy atom. The number of aromatic amines is 1. The number of halogens is 3. The van der Waals surface area contributed by atoms with Gasteiger partial charge < -0.3 is 5.11 Å². The Kier molecular flexibility index (Phi) is 10.1. The Bertz CT molecular complexity index is 1970. The number of rotatable bonds is 7. The van der Waals surface area contributed by atoms with Gasteiger partial charge in [0.25, 0.3) is 0 Å². The van der Waals surface area contributed by atoms with Gasteiger partial charge in [-0.2, -0.15) is 18.3 Å². The van der Waals surface area contributed by atoms with Crippen LogP contribution in [0.25, 0.3) is 45.4 Å². The van der Waals surface area contributed by atoms with E-state index in [4.69, 9.17) is 19.9 Å². The van der Waals surface area contributed by atoms with Crippen molar-refractivity contribution in [2.75, 3.05) is 13.1 Å². The molecule has 0 atom stereocenters. The maximum absolute atomic E-state index is 10.6. The quantitative estimate of drug-likeness (QED) is 0.184. The molecular weight excluding hydrogens is 633 g/mol. The predicted octanol–water partition coefficient (Wildman–Crippen LogP) is 7.07. The Labute approximate surface area is 279 Å². The van der Waals surface area contributed by atoms with Crippen molar-refractivity contribution in [3.05, 3.63) is 121 Å². The molecule has 0 bridgehead atoms. The van der Waals surface area contributed by atoms with Gasteiger partial charge in [-0.3, -0.25) is 20.0 Å². The molecular formula is C36H31F3N8O2. The van der Waals surface area contributed by atoms with E-state index in [9.17, 15) is 13.2 Å². The van der Waals surface area contributed by atoms with Gasteiger partial charge in [0.05, 0.1) is 5.69 Å².